The number of aromatic amines is 1. The Hall–Kier alpha value is -0.920. The van der Waals surface area contributed by atoms with E-state index in [2.05, 4.69) is 22.4 Å². The molecular weight excluding hydrogens is 234 g/mol. The monoisotopic (exact) mass is 243 g/mol. The normalized spacial score (nSPS) is 12.4. The molecular formula is C7H9F4N3S. The largest absolute Gasteiger partial charge is 0.325 e. The summed E-state index contributed by atoms with van der Waals surface area (Å²) in [6, 6.07) is 0. The van der Waals surface area contributed by atoms with Crippen LogP contribution in [0.4, 0.5) is 17.6 Å². The summed E-state index contributed by atoms with van der Waals surface area (Å²) in [6.07, 6.45) is -3.37. The Labute approximate surface area is 88.1 Å². The summed E-state index contributed by atoms with van der Waals surface area (Å²) in [5, 5.41) is 5.93. The Morgan fingerprint density at radius 2 is 2.13 bits per heavy atom. The van der Waals surface area contributed by atoms with Gasteiger partial charge in [0.1, 0.15) is 5.82 Å². The molecule has 8 heteroatoms. The zero-order valence-corrected chi connectivity index (χ0v) is 8.62. The fourth-order valence-electron chi connectivity index (χ4n) is 1.06. The van der Waals surface area contributed by atoms with Crippen molar-refractivity contribution in [2.45, 2.75) is 32.2 Å². The summed E-state index contributed by atoms with van der Waals surface area (Å²) >= 11 is 4.66. The first-order valence-corrected chi connectivity index (χ1v) is 4.59. The fourth-order valence-corrected chi connectivity index (χ4v) is 1.28. The van der Waals surface area contributed by atoms with Gasteiger partial charge in [-0.3, -0.25) is 9.67 Å². The SMILES string of the molecule is CCc1n[nH]c(=S)n1CC(F)(F)C(F)F. The van der Waals surface area contributed by atoms with Crippen molar-refractivity contribution in [3.05, 3.63) is 10.6 Å². The van der Waals surface area contributed by atoms with E-state index in [1.54, 1.807) is 6.92 Å². The number of halogens is 4. The van der Waals surface area contributed by atoms with Crippen LogP contribution in [0, 0.1) is 4.77 Å². The second-order valence-electron chi connectivity index (χ2n) is 2.95. The van der Waals surface area contributed by atoms with Gasteiger partial charge in [0.2, 0.25) is 0 Å². The number of nitrogens with zero attached hydrogens (tertiary/aromatic N) is 2. The number of aryl methyl sites for hydroxylation is 1. The van der Waals surface area contributed by atoms with E-state index in [0.29, 0.717) is 6.42 Å². The molecule has 1 N–H and O–H groups in total. The van der Waals surface area contributed by atoms with Gasteiger partial charge in [-0.25, -0.2) is 8.78 Å². The minimum absolute atomic E-state index is 0.0767. The van der Waals surface area contributed by atoms with Gasteiger partial charge in [0.15, 0.2) is 4.77 Å². The van der Waals surface area contributed by atoms with Crippen molar-refractivity contribution in [2.75, 3.05) is 0 Å². The highest BCUT2D eigenvalue weighted by atomic mass is 32.1. The van der Waals surface area contributed by atoms with Crippen molar-refractivity contribution >= 4 is 12.2 Å². The highest BCUT2D eigenvalue weighted by Gasteiger charge is 2.41. The molecule has 0 aliphatic heterocycles. The molecule has 0 atom stereocenters. The summed E-state index contributed by atoms with van der Waals surface area (Å²) in [4.78, 5) is 0. The Bertz CT molecular complexity index is 384. The van der Waals surface area contributed by atoms with Gasteiger partial charge in [-0.15, -0.1) is 0 Å². The molecule has 0 fully saturated rings. The van der Waals surface area contributed by atoms with Gasteiger partial charge in [-0.05, 0) is 12.2 Å². The van der Waals surface area contributed by atoms with Crippen LogP contribution in [0.5, 0.6) is 0 Å². The highest BCUT2D eigenvalue weighted by molar-refractivity contribution is 7.71. The molecule has 1 rings (SSSR count). The first kappa shape index (κ1) is 12.2. The van der Waals surface area contributed by atoms with Gasteiger partial charge in [-0.2, -0.15) is 13.9 Å². The van der Waals surface area contributed by atoms with Crippen molar-refractivity contribution in [1.82, 2.24) is 14.8 Å². The highest BCUT2D eigenvalue weighted by Crippen LogP contribution is 2.25. The number of hydrogen-bond donors (Lipinski definition) is 1. The van der Waals surface area contributed by atoms with Crippen molar-refractivity contribution in [3.8, 4) is 0 Å². The molecule has 0 radical (unpaired) electrons. The smallest absolute Gasteiger partial charge is 0.298 e. The number of H-pyrrole nitrogens is 1. The fraction of sp³-hybridized carbons (Fsp3) is 0.714. The van der Waals surface area contributed by atoms with Crippen LogP contribution >= 0.6 is 12.2 Å². The summed E-state index contributed by atoms with van der Waals surface area (Å²) in [7, 11) is 0. The minimum atomic E-state index is -4.09. The van der Waals surface area contributed by atoms with Crippen LogP contribution < -0.4 is 0 Å². The third kappa shape index (κ3) is 2.55. The van der Waals surface area contributed by atoms with Crippen molar-refractivity contribution in [2.24, 2.45) is 0 Å². The van der Waals surface area contributed by atoms with Gasteiger partial charge >= 0.3 is 12.3 Å². The van der Waals surface area contributed by atoms with Crippen LogP contribution in [-0.4, -0.2) is 27.1 Å². The summed E-state index contributed by atoms with van der Waals surface area (Å²) in [6.45, 7) is 0.519. The maximum Gasteiger partial charge on any atom is 0.325 e. The van der Waals surface area contributed by atoms with E-state index in [1.165, 1.54) is 0 Å². The third-order valence-corrected chi connectivity index (χ3v) is 2.15. The van der Waals surface area contributed by atoms with Crippen LogP contribution in [0.1, 0.15) is 12.7 Å². The molecule has 1 aromatic heterocycles. The van der Waals surface area contributed by atoms with E-state index < -0.39 is 18.9 Å². The van der Waals surface area contributed by atoms with E-state index in [-0.39, 0.29) is 10.6 Å². The second kappa shape index (κ2) is 4.30. The van der Waals surface area contributed by atoms with E-state index >= 15 is 0 Å². The topological polar surface area (TPSA) is 33.6 Å². The van der Waals surface area contributed by atoms with Crippen LogP contribution in [0.2, 0.25) is 0 Å². The van der Waals surface area contributed by atoms with Crippen LogP contribution in [-0.2, 0) is 13.0 Å². The molecule has 1 heterocycles. The lowest BCUT2D eigenvalue weighted by Crippen LogP contribution is -2.32. The first-order valence-electron chi connectivity index (χ1n) is 4.18. The quantitative estimate of drug-likeness (QED) is 0.650. The Morgan fingerprint density at radius 3 is 2.60 bits per heavy atom. The lowest BCUT2D eigenvalue weighted by atomic mass is 10.3. The molecule has 0 amide bonds. The zero-order chi connectivity index (χ0) is 11.6. The summed E-state index contributed by atoms with van der Waals surface area (Å²) < 4.78 is 50.2. The second-order valence-corrected chi connectivity index (χ2v) is 3.33. The third-order valence-electron chi connectivity index (χ3n) is 1.84. The van der Waals surface area contributed by atoms with Gasteiger partial charge in [0.25, 0.3) is 0 Å². The van der Waals surface area contributed by atoms with Crippen LogP contribution in [0.15, 0.2) is 0 Å². The Kier molecular flexibility index (Phi) is 3.48. The predicted molar refractivity (Wildman–Crippen MR) is 47.7 cm³/mol. The molecule has 86 valence electrons. The number of hydrogen-bond acceptors (Lipinski definition) is 2. The Morgan fingerprint density at radius 1 is 1.53 bits per heavy atom. The van der Waals surface area contributed by atoms with E-state index in [4.69, 9.17) is 0 Å². The molecule has 0 saturated heterocycles. The molecule has 1 aromatic rings. The average Bonchev–Trinajstić information content (AvgIpc) is 2.47. The Balaban J connectivity index is 2.98. The molecule has 0 bridgehead atoms. The number of nitrogens with one attached hydrogen (secondary N) is 1. The molecule has 0 aromatic carbocycles. The molecule has 0 aliphatic carbocycles. The molecule has 0 unspecified atom stereocenters. The van der Waals surface area contributed by atoms with Crippen LogP contribution in [0.25, 0.3) is 0 Å². The van der Waals surface area contributed by atoms with E-state index in [9.17, 15) is 17.6 Å². The summed E-state index contributed by atoms with van der Waals surface area (Å²) in [5.41, 5.74) is 0. The van der Waals surface area contributed by atoms with Gasteiger partial charge in [-0.1, -0.05) is 6.92 Å². The van der Waals surface area contributed by atoms with Crippen molar-refractivity contribution in [3.63, 3.8) is 0 Å². The van der Waals surface area contributed by atoms with Gasteiger partial charge in [0, 0.05) is 6.42 Å². The summed E-state index contributed by atoms with van der Waals surface area (Å²) in [5.74, 6) is -3.85. The number of aromatic nitrogens is 3. The maximum absolute atomic E-state index is 12.7. The van der Waals surface area contributed by atoms with E-state index in [1.807, 2.05) is 0 Å². The van der Waals surface area contributed by atoms with Crippen LogP contribution in [0.3, 0.4) is 0 Å². The number of rotatable bonds is 4. The van der Waals surface area contributed by atoms with Gasteiger partial charge < -0.3 is 0 Å². The lowest BCUT2D eigenvalue weighted by Gasteiger charge is -2.16. The van der Waals surface area contributed by atoms with E-state index in [0.717, 1.165) is 4.57 Å². The average molecular weight is 243 g/mol. The minimum Gasteiger partial charge on any atom is -0.298 e. The van der Waals surface area contributed by atoms with Gasteiger partial charge in [0.05, 0.1) is 6.54 Å². The lowest BCUT2D eigenvalue weighted by molar-refractivity contribution is -0.138. The molecule has 0 saturated carbocycles. The first-order chi connectivity index (χ1) is 6.88. The predicted octanol–water partition coefficient (Wildman–Crippen LogP) is 2.40. The maximum atomic E-state index is 12.7. The number of alkyl halides is 4. The zero-order valence-electron chi connectivity index (χ0n) is 7.81. The standard InChI is InChI=1S/C7H9F4N3S/c1-2-4-12-13-6(15)14(4)3-7(10,11)5(8)9/h5H,2-3H2,1H3,(H,13,15). The van der Waals surface area contributed by atoms with Crippen molar-refractivity contribution < 1.29 is 17.6 Å². The van der Waals surface area contributed by atoms with Crippen molar-refractivity contribution in [1.29, 1.82) is 0 Å². The molecule has 0 aliphatic rings. The molecule has 0 spiro atoms. The molecule has 3 nitrogen and oxygen atoms in total. The molecule has 15 heavy (non-hydrogen) atoms.